The Morgan fingerprint density at radius 1 is 1.38 bits per heavy atom. The highest BCUT2D eigenvalue weighted by atomic mass is 32.2. The van der Waals surface area contributed by atoms with Gasteiger partial charge in [0.1, 0.15) is 11.3 Å². The maximum atomic E-state index is 11.0. The molecule has 2 rings (SSSR count). The van der Waals surface area contributed by atoms with Crippen LogP contribution in [0.1, 0.15) is 23.2 Å². The molecule has 0 aliphatic heterocycles. The van der Waals surface area contributed by atoms with Crippen LogP contribution < -0.4 is 4.74 Å². The Morgan fingerprint density at radius 2 is 2.19 bits per heavy atom. The number of carbonyl (C=O) groups is 1. The van der Waals surface area contributed by atoms with E-state index in [-0.39, 0.29) is 5.56 Å². The number of hydrogen-bond donors (Lipinski definition) is 1. The highest BCUT2D eigenvalue weighted by Crippen LogP contribution is 2.19. The van der Waals surface area contributed by atoms with Crippen molar-refractivity contribution in [1.29, 1.82) is 0 Å². The quantitative estimate of drug-likeness (QED) is 0.600. The molecule has 0 bridgehead atoms. The fourth-order valence-corrected chi connectivity index (χ4v) is 2.74. The molecule has 5 nitrogen and oxygen atoms in total. The summed E-state index contributed by atoms with van der Waals surface area (Å²) in [4.78, 5) is 15.3. The van der Waals surface area contributed by atoms with Gasteiger partial charge in [-0.2, -0.15) is 0 Å². The Kier molecular flexibility index (Phi) is 5.68. The fraction of sp³-hybridized carbons (Fsp3) is 0.333. The zero-order chi connectivity index (χ0) is 15.1. The van der Waals surface area contributed by atoms with Crippen LogP contribution in [-0.4, -0.2) is 33.0 Å². The summed E-state index contributed by atoms with van der Waals surface area (Å²) in [6, 6.07) is 6.71. The summed E-state index contributed by atoms with van der Waals surface area (Å²) in [5.41, 5.74) is 0.208. The molecule has 2 aromatic rings. The maximum Gasteiger partial charge on any atom is 0.339 e. The number of thioether (sulfide) groups is 1. The average molecular weight is 306 g/mol. The molecular formula is C15H18N2O3S. The Bertz CT molecular complexity index is 598. The number of nitrogens with zero attached hydrogens (tertiary/aromatic N) is 2. The van der Waals surface area contributed by atoms with E-state index in [0.717, 1.165) is 23.8 Å². The average Bonchev–Trinajstić information content (AvgIpc) is 2.88. The van der Waals surface area contributed by atoms with Gasteiger partial charge in [-0.05, 0) is 25.0 Å². The van der Waals surface area contributed by atoms with Gasteiger partial charge < -0.3 is 14.4 Å². The third-order valence-electron chi connectivity index (χ3n) is 2.92. The zero-order valence-corrected chi connectivity index (χ0v) is 12.7. The van der Waals surface area contributed by atoms with Crippen molar-refractivity contribution in [3.05, 3.63) is 42.2 Å². The molecule has 0 saturated heterocycles. The van der Waals surface area contributed by atoms with E-state index < -0.39 is 5.97 Å². The lowest BCUT2D eigenvalue weighted by molar-refractivity contribution is 0.0692. The van der Waals surface area contributed by atoms with Crippen LogP contribution in [0.3, 0.4) is 0 Å². The molecule has 0 atom stereocenters. The van der Waals surface area contributed by atoms with Crippen molar-refractivity contribution in [1.82, 2.24) is 9.55 Å². The summed E-state index contributed by atoms with van der Waals surface area (Å²) in [6.45, 7) is 0.519. The van der Waals surface area contributed by atoms with Gasteiger partial charge in [-0.15, -0.1) is 0 Å². The highest BCUT2D eigenvalue weighted by Gasteiger charge is 2.09. The molecule has 0 spiro atoms. The Morgan fingerprint density at radius 3 is 2.90 bits per heavy atom. The fourth-order valence-electron chi connectivity index (χ4n) is 1.81. The van der Waals surface area contributed by atoms with Gasteiger partial charge in [0, 0.05) is 25.2 Å². The lowest BCUT2D eigenvalue weighted by Crippen LogP contribution is -2.04. The monoisotopic (exact) mass is 306 g/mol. The van der Waals surface area contributed by atoms with Crippen molar-refractivity contribution in [3.8, 4) is 5.75 Å². The lowest BCUT2D eigenvalue weighted by atomic mass is 10.2. The van der Waals surface area contributed by atoms with E-state index in [0.29, 0.717) is 12.4 Å². The number of hydrogen-bond acceptors (Lipinski definition) is 4. The second-order valence-electron chi connectivity index (χ2n) is 4.53. The summed E-state index contributed by atoms with van der Waals surface area (Å²) in [7, 11) is 1.97. The minimum atomic E-state index is -0.962. The summed E-state index contributed by atoms with van der Waals surface area (Å²) in [5, 5.41) is 10.1. The number of para-hydroxylation sites is 1. The number of aromatic carboxylic acids is 1. The van der Waals surface area contributed by atoms with Gasteiger partial charge in [0.15, 0.2) is 5.16 Å². The molecule has 0 aliphatic rings. The van der Waals surface area contributed by atoms with Gasteiger partial charge in [-0.25, -0.2) is 9.78 Å². The summed E-state index contributed by atoms with van der Waals surface area (Å²) in [6.07, 6.45) is 5.58. The smallest absolute Gasteiger partial charge is 0.339 e. The molecule has 21 heavy (non-hydrogen) atoms. The molecule has 0 aliphatic carbocycles. The third kappa shape index (κ3) is 4.53. The summed E-state index contributed by atoms with van der Waals surface area (Å²) in [5.74, 6) is 0.437. The van der Waals surface area contributed by atoms with Crippen LogP contribution in [0.15, 0.2) is 41.8 Å². The van der Waals surface area contributed by atoms with E-state index in [4.69, 9.17) is 9.84 Å². The van der Waals surface area contributed by atoms with E-state index in [1.54, 1.807) is 42.2 Å². The van der Waals surface area contributed by atoms with Crippen molar-refractivity contribution in [2.75, 3.05) is 12.4 Å². The van der Waals surface area contributed by atoms with Gasteiger partial charge in [0.25, 0.3) is 0 Å². The van der Waals surface area contributed by atoms with Gasteiger partial charge in [-0.1, -0.05) is 23.9 Å². The number of aromatic nitrogens is 2. The van der Waals surface area contributed by atoms with Crippen LogP contribution in [0, 0.1) is 0 Å². The highest BCUT2D eigenvalue weighted by molar-refractivity contribution is 7.99. The first-order valence-electron chi connectivity index (χ1n) is 6.73. The molecule has 0 radical (unpaired) electrons. The number of rotatable bonds is 8. The molecule has 6 heteroatoms. The molecule has 1 N–H and O–H groups in total. The Balaban J connectivity index is 1.68. The SMILES string of the molecule is Cn1ccnc1SCCCCOc1ccccc1C(=O)O. The molecule has 0 fully saturated rings. The predicted molar refractivity (Wildman–Crippen MR) is 82.1 cm³/mol. The molecule has 1 heterocycles. The summed E-state index contributed by atoms with van der Waals surface area (Å²) >= 11 is 1.71. The van der Waals surface area contributed by atoms with Crippen LogP contribution in [0.4, 0.5) is 0 Å². The number of benzene rings is 1. The van der Waals surface area contributed by atoms with Crippen molar-refractivity contribution < 1.29 is 14.6 Å². The van der Waals surface area contributed by atoms with E-state index in [1.165, 1.54) is 0 Å². The molecular weight excluding hydrogens is 288 g/mol. The van der Waals surface area contributed by atoms with Crippen molar-refractivity contribution >= 4 is 17.7 Å². The largest absolute Gasteiger partial charge is 0.493 e. The van der Waals surface area contributed by atoms with Crippen LogP contribution in [0.25, 0.3) is 0 Å². The topological polar surface area (TPSA) is 64.4 Å². The lowest BCUT2D eigenvalue weighted by Gasteiger charge is -2.08. The standard InChI is InChI=1S/C15H18N2O3S/c1-17-9-8-16-15(17)21-11-5-4-10-20-13-7-3-2-6-12(13)14(18)19/h2-3,6-9H,4-5,10-11H2,1H3,(H,18,19). The van der Waals surface area contributed by atoms with Gasteiger partial charge in [0.2, 0.25) is 0 Å². The van der Waals surface area contributed by atoms with Gasteiger partial charge >= 0.3 is 5.97 Å². The second-order valence-corrected chi connectivity index (χ2v) is 5.59. The number of aryl methyl sites for hydroxylation is 1. The Labute approximate surface area is 128 Å². The van der Waals surface area contributed by atoms with Crippen LogP contribution in [-0.2, 0) is 7.05 Å². The number of imidazole rings is 1. The molecule has 1 aromatic carbocycles. The predicted octanol–water partition coefficient (Wildman–Crippen LogP) is 3.07. The van der Waals surface area contributed by atoms with E-state index in [1.807, 2.05) is 17.8 Å². The van der Waals surface area contributed by atoms with E-state index in [9.17, 15) is 4.79 Å². The first-order chi connectivity index (χ1) is 10.2. The van der Waals surface area contributed by atoms with Gasteiger partial charge in [-0.3, -0.25) is 0 Å². The normalized spacial score (nSPS) is 10.5. The second kappa shape index (κ2) is 7.73. The maximum absolute atomic E-state index is 11.0. The number of unbranched alkanes of at least 4 members (excludes halogenated alkanes) is 1. The number of ether oxygens (including phenoxy) is 1. The van der Waals surface area contributed by atoms with Crippen molar-refractivity contribution in [3.63, 3.8) is 0 Å². The summed E-state index contributed by atoms with van der Waals surface area (Å²) < 4.78 is 7.54. The van der Waals surface area contributed by atoms with Crippen LogP contribution in [0.2, 0.25) is 0 Å². The van der Waals surface area contributed by atoms with Crippen LogP contribution in [0.5, 0.6) is 5.75 Å². The van der Waals surface area contributed by atoms with Crippen molar-refractivity contribution in [2.45, 2.75) is 18.0 Å². The molecule has 0 saturated carbocycles. The Hall–Kier alpha value is -1.95. The first kappa shape index (κ1) is 15.4. The molecule has 1 aromatic heterocycles. The first-order valence-corrected chi connectivity index (χ1v) is 7.72. The zero-order valence-electron chi connectivity index (χ0n) is 11.9. The number of carboxylic acids is 1. The minimum absolute atomic E-state index is 0.208. The minimum Gasteiger partial charge on any atom is -0.493 e. The molecule has 0 unspecified atom stereocenters. The van der Waals surface area contributed by atoms with E-state index >= 15 is 0 Å². The van der Waals surface area contributed by atoms with Crippen molar-refractivity contribution in [2.24, 2.45) is 7.05 Å². The third-order valence-corrected chi connectivity index (χ3v) is 4.07. The van der Waals surface area contributed by atoms with E-state index in [2.05, 4.69) is 4.98 Å². The molecule has 112 valence electrons. The van der Waals surface area contributed by atoms with Crippen LogP contribution >= 0.6 is 11.8 Å². The van der Waals surface area contributed by atoms with Gasteiger partial charge in [0.05, 0.1) is 6.61 Å². The number of carboxylic acid groups (broad SMARTS) is 1. The molecule has 0 amide bonds.